The Morgan fingerprint density at radius 1 is 1.31 bits per heavy atom. The lowest BCUT2D eigenvalue weighted by molar-refractivity contribution is 0.313. The van der Waals surface area contributed by atoms with E-state index in [0.717, 1.165) is 5.92 Å². The Hall–Kier alpha value is -0.560. The van der Waals surface area contributed by atoms with Crippen LogP contribution >= 0.6 is 0 Å². The fourth-order valence-corrected chi connectivity index (χ4v) is 2.29. The molecule has 1 rings (SSSR count). The number of unbranched alkanes of at least 4 members (excludes halogenated alkanes) is 1. The van der Waals surface area contributed by atoms with Gasteiger partial charge < -0.3 is 4.90 Å². The van der Waals surface area contributed by atoms with Gasteiger partial charge in [0, 0.05) is 0 Å². The van der Waals surface area contributed by atoms with Crippen molar-refractivity contribution in [3.05, 3.63) is 23.8 Å². The molecule has 1 aliphatic rings. The fraction of sp³-hybridized carbons (Fsp3) is 0.733. The SMILES string of the molecule is CCCCN(C)CCCC1C=CC=C(C)C1. The standard InChI is InChI=1S/C15H27N/c1-4-5-11-16(3)12-7-10-15-9-6-8-14(2)13-15/h6,8-9,15H,4-5,7,10-13H2,1-3H3. The fourth-order valence-electron chi connectivity index (χ4n) is 2.29. The van der Waals surface area contributed by atoms with Gasteiger partial charge in [0.25, 0.3) is 0 Å². The van der Waals surface area contributed by atoms with E-state index in [4.69, 9.17) is 0 Å². The minimum absolute atomic E-state index is 0.796. The third-order valence-electron chi connectivity index (χ3n) is 3.36. The molecule has 1 aliphatic carbocycles. The molecule has 0 aromatic carbocycles. The Labute approximate surface area is 101 Å². The van der Waals surface area contributed by atoms with E-state index in [9.17, 15) is 0 Å². The second kappa shape index (κ2) is 7.67. The summed E-state index contributed by atoms with van der Waals surface area (Å²) in [5.74, 6) is 0.796. The van der Waals surface area contributed by atoms with E-state index in [-0.39, 0.29) is 0 Å². The van der Waals surface area contributed by atoms with Crippen LogP contribution in [0.4, 0.5) is 0 Å². The Kier molecular flexibility index (Phi) is 6.47. The van der Waals surface area contributed by atoms with E-state index in [1.54, 1.807) is 0 Å². The molecule has 0 saturated carbocycles. The first-order valence-electron chi connectivity index (χ1n) is 6.75. The second-order valence-corrected chi connectivity index (χ2v) is 5.16. The van der Waals surface area contributed by atoms with Crippen LogP contribution < -0.4 is 0 Å². The van der Waals surface area contributed by atoms with Crippen molar-refractivity contribution in [1.82, 2.24) is 4.90 Å². The molecule has 1 heteroatoms. The zero-order valence-electron chi connectivity index (χ0n) is 11.2. The Morgan fingerprint density at radius 2 is 2.06 bits per heavy atom. The van der Waals surface area contributed by atoms with Crippen molar-refractivity contribution in [2.75, 3.05) is 20.1 Å². The summed E-state index contributed by atoms with van der Waals surface area (Å²) in [6, 6.07) is 0. The molecular formula is C15H27N. The summed E-state index contributed by atoms with van der Waals surface area (Å²) in [6.07, 6.45) is 13.4. The lowest BCUT2D eigenvalue weighted by atomic mass is 9.91. The molecule has 1 atom stereocenters. The van der Waals surface area contributed by atoms with Gasteiger partial charge in [0.1, 0.15) is 0 Å². The molecule has 0 spiro atoms. The van der Waals surface area contributed by atoms with Gasteiger partial charge in [0.15, 0.2) is 0 Å². The van der Waals surface area contributed by atoms with Crippen molar-refractivity contribution in [2.45, 2.75) is 46.0 Å². The molecular weight excluding hydrogens is 194 g/mol. The van der Waals surface area contributed by atoms with E-state index in [0.29, 0.717) is 0 Å². The number of nitrogens with zero attached hydrogens (tertiary/aromatic N) is 1. The maximum atomic E-state index is 2.47. The van der Waals surface area contributed by atoms with Crippen LogP contribution in [-0.4, -0.2) is 25.0 Å². The zero-order chi connectivity index (χ0) is 11.8. The van der Waals surface area contributed by atoms with Crippen molar-refractivity contribution in [3.8, 4) is 0 Å². The topological polar surface area (TPSA) is 3.24 Å². The molecule has 0 amide bonds. The minimum Gasteiger partial charge on any atom is -0.306 e. The van der Waals surface area contributed by atoms with Crippen LogP contribution in [0.3, 0.4) is 0 Å². The van der Waals surface area contributed by atoms with Gasteiger partial charge in [-0.1, -0.05) is 37.1 Å². The predicted molar refractivity (Wildman–Crippen MR) is 72.6 cm³/mol. The third-order valence-corrected chi connectivity index (χ3v) is 3.36. The van der Waals surface area contributed by atoms with Crippen LogP contribution in [0, 0.1) is 5.92 Å². The average molecular weight is 221 g/mol. The van der Waals surface area contributed by atoms with Gasteiger partial charge in [-0.3, -0.25) is 0 Å². The Morgan fingerprint density at radius 3 is 2.75 bits per heavy atom. The molecule has 0 heterocycles. The Balaban J connectivity index is 2.07. The maximum absolute atomic E-state index is 2.47. The lowest BCUT2D eigenvalue weighted by Gasteiger charge is -2.19. The first-order valence-corrected chi connectivity index (χ1v) is 6.75. The summed E-state index contributed by atoms with van der Waals surface area (Å²) in [6.45, 7) is 7.02. The molecule has 92 valence electrons. The number of hydrogen-bond acceptors (Lipinski definition) is 1. The lowest BCUT2D eigenvalue weighted by Crippen LogP contribution is -2.21. The van der Waals surface area contributed by atoms with E-state index in [1.165, 1.54) is 50.8 Å². The molecule has 16 heavy (non-hydrogen) atoms. The summed E-state index contributed by atoms with van der Waals surface area (Å²) < 4.78 is 0. The minimum atomic E-state index is 0.796. The second-order valence-electron chi connectivity index (χ2n) is 5.16. The molecule has 1 unspecified atom stereocenters. The first kappa shape index (κ1) is 13.5. The Bertz CT molecular complexity index is 240. The molecule has 0 aliphatic heterocycles. The highest BCUT2D eigenvalue weighted by Gasteiger charge is 2.08. The van der Waals surface area contributed by atoms with Gasteiger partial charge in [-0.2, -0.15) is 0 Å². The van der Waals surface area contributed by atoms with Crippen LogP contribution in [0.5, 0.6) is 0 Å². The quantitative estimate of drug-likeness (QED) is 0.627. The largest absolute Gasteiger partial charge is 0.306 e. The van der Waals surface area contributed by atoms with E-state index < -0.39 is 0 Å². The predicted octanol–water partition coefficient (Wildman–Crippen LogP) is 4.02. The van der Waals surface area contributed by atoms with Gasteiger partial charge >= 0.3 is 0 Å². The smallest absolute Gasteiger partial charge is 0.00216 e. The van der Waals surface area contributed by atoms with Crippen molar-refractivity contribution in [1.29, 1.82) is 0 Å². The van der Waals surface area contributed by atoms with Crippen LogP contribution in [0.2, 0.25) is 0 Å². The van der Waals surface area contributed by atoms with Gasteiger partial charge in [-0.15, -0.1) is 0 Å². The molecule has 0 fully saturated rings. The van der Waals surface area contributed by atoms with Crippen LogP contribution in [0.15, 0.2) is 23.8 Å². The van der Waals surface area contributed by atoms with E-state index >= 15 is 0 Å². The van der Waals surface area contributed by atoms with E-state index in [2.05, 4.69) is 44.0 Å². The normalized spacial score (nSPS) is 20.2. The summed E-state index contributed by atoms with van der Waals surface area (Å²) in [5.41, 5.74) is 1.53. The van der Waals surface area contributed by atoms with Gasteiger partial charge in [0.05, 0.1) is 0 Å². The molecule has 1 nitrogen and oxygen atoms in total. The number of hydrogen-bond donors (Lipinski definition) is 0. The zero-order valence-corrected chi connectivity index (χ0v) is 11.2. The van der Waals surface area contributed by atoms with Crippen LogP contribution in [0.25, 0.3) is 0 Å². The molecule has 0 aromatic rings. The maximum Gasteiger partial charge on any atom is -0.00216 e. The monoisotopic (exact) mass is 221 g/mol. The highest BCUT2D eigenvalue weighted by molar-refractivity contribution is 5.17. The van der Waals surface area contributed by atoms with Crippen molar-refractivity contribution in [3.63, 3.8) is 0 Å². The molecule has 0 bridgehead atoms. The van der Waals surface area contributed by atoms with Gasteiger partial charge in [0.2, 0.25) is 0 Å². The van der Waals surface area contributed by atoms with Crippen molar-refractivity contribution >= 4 is 0 Å². The van der Waals surface area contributed by atoms with Gasteiger partial charge in [-0.25, -0.2) is 0 Å². The molecule has 0 radical (unpaired) electrons. The van der Waals surface area contributed by atoms with E-state index in [1.807, 2.05) is 0 Å². The van der Waals surface area contributed by atoms with Crippen LogP contribution in [0.1, 0.15) is 46.0 Å². The molecule has 0 aromatic heterocycles. The highest BCUT2D eigenvalue weighted by atomic mass is 15.1. The highest BCUT2D eigenvalue weighted by Crippen LogP contribution is 2.22. The summed E-state index contributed by atoms with van der Waals surface area (Å²) in [5, 5.41) is 0. The average Bonchev–Trinajstić information content (AvgIpc) is 2.26. The third kappa shape index (κ3) is 5.50. The number of rotatable bonds is 7. The first-order chi connectivity index (χ1) is 7.72. The summed E-state index contributed by atoms with van der Waals surface area (Å²) in [4.78, 5) is 2.47. The summed E-state index contributed by atoms with van der Waals surface area (Å²) >= 11 is 0. The van der Waals surface area contributed by atoms with Crippen molar-refractivity contribution in [2.24, 2.45) is 5.92 Å². The van der Waals surface area contributed by atoms with Crippen LogP contribution in [-0.2, 0) is 0 Å². The van der Waals surface area contributed by atoms with Crippen molar-refractivity contribution < 1.29 is 0 Å². The summed E-state index contributed by atoms with van der Waals surface area (Å²) in [7, 11) is 2.25. The van der Waals surface area contributed by atoms with Gasteiger partial charge in [-0.05, 0) is 58.7 Å². The molecule has 0 N–H and O–H groups in total. The number of allylic oxidation sites excluding steroid dienone is 4. The molecule has 0 saturated heterocycles.